The Bertz CT molecular complexity index is 757. The number of nitrogens with zero attached hydrogens (tertiary/aromatic N) is 1. The molecule has 0 atom stereocenters. The fourth-order valence-corrected chi connectivity index (χ4v) is 2.54. The molecule has 0 fully saturated rings. The average Bonchev–Trinajstić information content (AvgIpc) is 2.53. The Labute approximate surface area is 160 Å². The molecule has 0 bridgehead atoms. The summed E-state index contributed by atoms with van der Waals surface area (Å²) in [5.74, 6) is 0. The quantitative estimate of drug-likeness (QED) is 0.768. The zero-order valence-electron chi connectivity index (χ0n) is 15.4. The lowest BCUT2D eigenvalue weighted by atomic mass is 10.1. The molecule has 3 N–H and O–H groups in total. The first kappa shape index (κ1) is 19.7. The summed E-state index contributed by atoms with van der Waals surface area (Å²) in [4.78, 5) is 14.4. The predicted octanol–water partition coefficient (Wildman–Crippen LogP) is 4.28. The van der Waals surface area contributed by atoms with Gasteiger partial charge in [-0.05, 0) is 56.2 Å². The van der Waals surface area contributed by atoms with Crippen LogP contribution in [0, 0.1) is 0 Å². The van der Waals surface area contributed by atoms with Crippen LogP contribution >= 0.6 is 12.2 Å². The summed E-state index contributed by atoms with van der Waals surface area (Å²) in [5, 5.41) is 3.11. The van der Waals surface area contributed by atoms with Crippen molar-refractivity contribution in [3.05, 3.63) is 65.7 Å². The maximum Gasteiger partial charge on any atom is 0.410 e. The highest BCUT2D eigenvalue weighted by molar-refractivity contribution is 7.80. The van der Waals surface area contributed by atoms with Gasteiger partial charge in [0.05, 0.1) is 0 Å². The van der Waals surface area contributed by atoms with Crippen LogP contribution in [0.5, 0.6) is 0 Å². The molecule has 0 unspecified atom stereocenters. The minimum Gasteiger partial charge on any atom is -0.444 e. The fraction of sp³-hybridized carbons (Fsp3) is 0.300. The van der Waals surface area contributed by atoms with Crippen LogP contribution in [0.25, 0.3) is 0 Å². The molecule has 0 aliphatic carbocycles. The van der Waals surface area contributed by atoms with Crippen molar-refractivity contribution in [3.8, 4) is 0 Å². The van der Waals surface area contributed by atoms with Crippen LogP contribution in [0.15, 0.2) is 54.6 Å². The van der Waals surface area contributed by atoms with E-state index in [1.807, 2.05) is 75.4 Å². The van der Waals surface area contributed by atoms with Crippen molar-refractivity contribution in [2.24, 2.45) is 5.73 Å². The monoisotopic (exact) mass is 371 g/mol. The van der Waals surface area contributed by atoms with Crippen LogP contribution in [0.1, 0.15) is 31.9 Å². The van der Waals surface area contributed by atoms with Gasteiger partial charge in [0.2, 0.25) is 0 Å². The van der Waals surface area contributed by atoms with Gasteiger partial charge in [-0.15, -0.1) is 0 Å². The van der Waals surface area contributed by atoms with Crippen LogP contribution in [0.2, 0.25) is 0 Å². The summed E-state index contributed by atoms with van der Waals surface area (Å²) in [6.07, 6.45) is -0.353. The van der Waals surface area contributed by atoms with Crippen LogP contribution in [0.4, 0.5) is 10.5 Å². The normalized spacial score (nSPS) is 10.9. The largest absolute Gasteiger partial charge is 0.444 e. The highest BCUT2D eigenvalue weighted by Crippen LogP contribution is 2.18. The molecule has 6 heteroatoms. The zero-order chi connectivity index (χ0) is 19.2. The molecular formula is C20H25N3O2S. The molecule has 1 amide bonds. The second-order valence-corrected chi connectivity index (χ2v) is 7.45. The van der Waals surface area contributed by atoms with Crippen molar-refractivity contribution in [2.75, 3.05) is 5.32 Å². The van der Waals surface area contributed by atoms with Crippen LogP contribution < -0.4 is 11.1 Å². The Hall–Kier alpha value is -2.60. The number of carbonyl (C=O) groups excluding carboxylic acids is 1. The first-order valence-electron chi connectivity index (χ1n) is 8.40. The molecule has 0 aromatic heterocycles. The van der Waals surface area contributed by atoms with Crippen molar-refractivity contribution in [1.82, 2.24) is 4.90 Å². The number of benzene rings is 2. The minimum atomic E-state index is -0.554. The standard InChI is InChI=1S/C20H25N3O2S/c1-20(2,3)25-19(24)23(13-15-8-5-4-6-9-15)14-16-10-7-11-17(12-16)22-18(21)26/h4-12H,13-14H2,1-3H3,(H3,21,22,26). The number of hydrogen-bond donors (Lipinski definition) is 2. The summed E-state index contributed by atoms with van der Waals surface area (Å²) in [7, 11) is 0. The second-order valence-electron chi connectivity index (χ2n) is 7.01. The summed E-state index contributed by atoms with van der Waals surface area (Å²) < 4.78 is 5.57. The number of hydrogen-bond acceptors (Lipinski definition) is 3. The van der Waals surface area contributed by atoms with E-state index in [-0.39, 0.29) is 11.2 Å². The molecule has 0 spiro atoms. The number of anilines is 1. The molecule has 0 radical (unpaired) electrons. The van der Waals surface area contributed by atoms with E-state index in [0.717, 1.165) is 16.8 Å². The van der Waals surface area contributed by atoms with Gasteiger partial charge in [0.25, 0.3) is 0 Å². The van der Waals surface area contributed by atoms with Gasteiger partial charge in [0.15, 0.2) is 5.11 Å². The zero-order valence-corrected chi connectivity index (χ0v) is 16.2. The molecule has 2 aromatic rings. The number of rotatable bonds is 5. The molecule has 0 saturated carbocycles. The number of ether oxygens (including phenoxy) is 1. The van der Waals surface area contributed by atoms with Gasteiger partial charge in [0.1, 0.15) is 5.60 Å². The third-order valence-electron chi connectivity index (χ3n) is 3.44. The summed E-state index contributed by atoms with van der Waals surface area (Å²) in [5.41, 5.74) is 7.76. The van der Waals surface area contributed by atoms with Gasteiger partial charge in [0, 0.05) is 18.8 Å². The Balaban J connectivity index is 2.20. The second kappa shape index (κ2) is 8.67. The topological polar surface area (TPSA) is 67.6 Å². The fourth-order valence-electron chi connectivity index (χ4n) is 2.43. The van der Waals surface area contributed by atoms with Gasteiger partial charge >= 0.3 is 6.09 Å². The van der Waals surface area contributed by atoms with Crippen molar-refractivity contribution < 1.29 is 9.53 Å². The molecule has 2 rings (SSSR count). The number of nitrogens with one attached hydrogen (secondary N) is 1. The Morgan fingerprint density at radius 2 is 1.69 bits per heavy atom. The first-order chi connectivity index (χ1) is 12.2. The highest BCUT2D eigenvalue weighted by Gasteiger charge is 2.22. The number of thiocarbonyl (C=S) groups is 1. The van der Waals surface area contributed by atoms with Gasteiger partial charge in [-0.3, -0.25) is 4.90 Å². The SMILES string of the molecule is CC(C)(C)OC(=O)N(Cc1ccccc1)Cc1cccc(NC(N)=S)c1. The number of carbonyl (C=O) groups is 1. The van der Waals surface area contributed by atoms with Crippen LogP contribution in [0.3, 0.4) is 0 Å². The molecule has 138 valence electrons. The summed E-state index contributed by atoms with van der Waals surface area (Å²) in [6, 6.07) is 17.5. The Morgan fingerprint density at radius 3 is 2.31 bits per heavy atom. The van der Waals surface area contributed by atoms with E-state index < -0.39 is 5.60 Å². The first-order valence-corrected chi connectivity index (χ1v) is 8.81. The highest BCUT2D eigenvalue weighted by atomic mass is 32.1. The van der Waals surface area contributed by atoms with Gasteiger partial charge in [-0.2, -0.15) is 0 Å². The van der Waals surface area contributed by atoms with Crippen molar-refractivity contribution >= 4 is 29.1 Å². The molecular weight excluding hydrogens is 346 g/mol. The minimum absolute atomic E-state index is 0.204. The van der Waals surface area contributed by atoms with Crippen molar-refractivity contribution in [3.63, 3.8) is 0 Å². The van der Waals surface area contributed by atoms with Crippen molar-refractivity contribution in [2.45, 2.75) is 39.5 Å². The van der Waals surface area contributed by atoms with E-state index >= 15 is 0 Å². The van der Waals surface area contributed by atoms with Gasteiger partial charge in [-0.1, -0.05) is 42.5 Å². The molecule has 0 heterocycles. The number of nitrogens with two attached hydrogens (primary N) is 1. The summed E-state index contributed by atoms with van der Waals surface area (Å²) in [6.45, 7) is 6.45. The smallest absolute Gasteiger partial charge is 0.410 e. The molecule has 0 aliphatic rings. The Kier molecular flexibility index (Phi) is 6.58. The van der Waals surface area contributed by atoms with Gasteiger partial charge < -0.3 is 15.8 Å². The molecule has 5 nitrogen and oxygen atoms in total. The maximum atomic E-state index is 12.7. The van der Waals surface area contributed by atoms with E-state index in [2.05, 4.69) is 5.32 Å². The lowest BCUT2D eigenvalue weighted by Gasteiger charge is -2.27. The van der Waals surface area contributed by atoms with E-state index in [4.69, 9.17) is 22.7 Å². The maximum absolute atomic E-state index is 12.7. The van der Waals surface area contributed by atoms with Gasteiger partial charge in [-0.25, -0.2) is 4.79 Å². The van der Waals surface area contributed by atoms with E-state index in [1.54, 1.807) is 4.90 Å². The van der Waals surface area contributed by atoms with Crippen molar-refractivity contribution in [1.29, 1.82) is 0 Å². The summed E-state index contributed by atoms with van der Waals surface area (Å²) >= 11 is 4.88. The van der Waals surface area contributed by atoms with E-state index in [1.165, 1.54) is 0 Å². The molecule has 0 saturated heterocycles. The average molecular weight is 372 g/mol. The van der Waals surface area contributed by atoms with E-state index in [9.17, 15) is 4.79 Å². The Morgan fingerprint density at radius 1 is 1.08 bits per heavy atom. The molecule has 0 aliphatic heterocycles. The van der Waals surface area contributed by atoms with E-state index in [0.29, 0.717) is 13.1 Å². The molecule has 2 aromatic carbocycles. The molecule has 26 heavy (non-hydrogen) atoms. The van der Waals surface area contributed by atoms with Crippen LogP contribution in [-0.2, 0) is 17.8 Å². The lowest BCUT2D eigenvalue weighted by Crippen LogP contribution is -2.36. The lowest BCUT2D eigenvalue weighted by molar-refractivity contribution is 0.0216. The van der Waals surface area contributed by atoms with Crippen LogP contribution in [-0.4, -0.2) is 21.7 Å². The number of amides is 1. The predicted molar refractivity (Wildman–Crippen MR) is 109 cm³/mol. The third-order valence-corrected chi connectivity index (χ3v) is 3.54. The third kappa shape index (κ3) is 6.72.